The van der Waals surface area contributed by atoms with Crippen LogP contribution in [0.5, 0.6) is 5.75 Å². The van der Waals surface area contributed by atoms with Gasteiger partial charge in [-0.1, -0.05) is 45.7 Å². The number of hydrogen-bond donors (Lipinski definition) is 2. The SMILES string of the molecule is COc1ccc(Br)cc1C(=O)Nc1ccc(NC(=O)c2ccccc2)c(Cl)c1. The number of anilines is 2. The minimum atomic E-state index is -0.338. The second kappa shape index (κ2) is 8.91. The number of benzene rings is 3. The molecule has 0 atom stereocenters. The molecule has 3 aromatic rings. The van der Waals surface area contributed by atoms with E-state index in [2.05, 4.69) is 26.6 Å². The van der Waals surface area contributed by atoms with Crippen LogP contribution in [0.25, 0.3) is 0 Å². The van der Waals surface area contributed by atoms with Crippen LogP contribution in [-0.4, -0.2) is 18.9 Å². The van der Waals surface area contributed by atoms with Crippen LogP contribution in [0, 0.1) is 0 Å². The molecule has 0 spiro atoms. The second-order valence-corrected chi connectivity index (χ2v) is 7.14. The van der Waals surface area contributed by atoms with Gasteiger partial charge >= 0.3 is 0 Å². The van der Waals surface area contributed by atoms with E-state index >= 15 is 0 Å². The molecule has 142 valence electrons. The molecule has 28 heavy (non-hydrogen) atoms. The maximum Gasteiger partial charge on any atom is 0.259 e. The molecule has 3 aromatic carbocycles. The summed E-state index contributed by atoms with van der Waals surface area (Å²) in [7, 11) is 1.50. The van der Waals surface area contributed by atoms with E-state index in [-0.39, 0.29) is 11.8 Å². The Morgan fingerprint density at radius 3 is 2.36 bits per heavy atom. The summed E-state index contributed by atoms with van der Waals surface area (Å²) >= 11 is 9.62. The van der Waals surface area contributed by atoms with Crippen molar-refractivity contribution in [3.8, 4) is 5.75 Å². The van der Waals surface area contributed by atoms with Crippen LogP contribution < -0.4 is 15.4 Å². The molecular formula is C21H16BrClN2O3. The number of rotatable bonds is 5. The zero-order valence-corrected chi connectivity index (χ0v) is 17.2. The Labute approximate surface area is 175 Å². The first-order valence-corrected chi connectivity index (χ1v) is 9.46. The van der Waals surface area contributed by atoms with Crippen molar-refractivity contribution in [2.24, 2.45) is 0 Å². The monoisotopic (exact) mass is 458 g/mol. The minimum Gasteiger partial charge on any atom is -0.496 e. The van der Waals surface area contributed by atoms with Crippen LogP contribution in [0.1, 0.15) is 20.7 Å². The summed E-state index contributed by atoms with van der Waals surface area (Å²) in [5.41, 5.74) is 1.86. The highest BCUT2D eigenvalue weighted by Gasteiger charge is 2.14. The molecule has 0 aliphatic heterocycles. The van der Waals surface area contributed by atoms with Gasteiger partial charge in [0.15, 0.2) is 0 Å². The number of methoxy groups -OCH3 is 1. The third-order valence-corrected chi connectivity index (χ3v) is 4.72. The fourth-order valence-electron chi connectivity index (χ4n) is 2.53. The van der Waals surface area contributed by atoms with Crippen molar-refractivity contribution in [2.75, 3.05) is 17.7 Å². The van der Waals surface area contributed by atoms with E-state index < -0.39 is 0 Å². The fourth-order valence-corrected chi connectivity index (χ4v) is 3.12. The van der Waals surface area contributed by atoms with Crippen molar-refractivity contribution in [1.29, 1.82) is 0 Å². The zero-order valence-electron chi connectivity index (χ0n) is 14.8. The molecule has 0 saturated carbocycles. The van der Waals surface area contributed by atoms with Crippen molar-refractivity contribution < 1.29 is 14.3 Å². The normalized spacial score (nSPS) is 10.2. The largest absolute Gasteiger partial charge is 0.496 e. The van der Waals surface area contributed by atoms with Gasteiger partial charge in [-0.15, -0.1) is 0 Å². The highest BCUT2D eigenvalue weighted by atomic mass is 79.9. The number of hydrogen-bond acceptors (Lipinski definition) is 3. The van der Waals surface area contributed by atoms with Crippen LogP contribution >= 0.6 is 27.5 Å². The van der Waals surface area contributed by atoms with E-state index in [1.165, 1.54) is 7.11 Å². The Morgan fingerprint density at radius 1 is 0.929 bits per heavy atom. The average molecular weight is 460 g/mol. The summed E-state index contributed by atoms with van der Waals surface area (Å²) in [6.07, 6.45) is 0. The maximum atomic E-state index is 12.6. The number of carbonyl (C=O) groups excluding carboxylic acids is 2. The van der Waals surface area contributed by atoms with Gasteiger partial charge < -0.3 is 15.4 Å². The molecular weight excluding hydrogens is 444 g/mol. The Kier molecular flexibility index (Phi) is 6.34. The third-order valence-electron chi connectivity index (χ3n) is 3.92. The van der Waals surface area contributed by atoms with Gasteiger partial charge in [-0.05, 0) is 48.5 Å². The second-order valence-electron chi connectivity index (χ2n) is 5.81. The number of nitrogens with one attached hydrogen (secondary N) is 2. The molecule has 7 heteroatoms. The standard InChI is InChI=1S/C21H16BrClN2O3/c1-28-19-10-7-14(22)11-16(19)21(27)24-15-8-9-18(17(23)12-15)25-20(26)13-5-3-2-4-6-13/h2-12H,1H3,(H,24,27)(H,25,26). The van der Waals surface area contributed by atoms with Crippen molar-refractivity contribution in [1.82, 2.24) is 0 Å². The van der Waals surface area contributed by atoms with E-state index in [0.717, 1.165) is 4.47 Å². The van der Waals surface area contributed by atoms with E-state index in [4.69, 9.17) is 16.3 Å². The van der Waals surface area contributed by atoms with Crippen molar-refractivity contribution in [3.05, 3.63) is 87.4 Å². The lowest BCUT2D eigenvalue weighted by Gasteiger charge is -2.12. The van der Waals surface area contributed by atoms with E-state index in [1.807, 2.05) is 6.07 Å². The lowest BCUT2D eigenvalue weighted by molar-refractivity contribution is 0.101. The molecule has 3 rings (SSSR count). The Bertz CT molecular complexity index is 1030. The molecule has 0 heterocycles. The fraction of sp³-hybridized carbons (Fsp3) is 0.0476. The van der Waals surface area contributed by atoms with Crippen LogP contribution in [0.4, 0.5) is 11.4 Å². The topological polar surface area (TPSA) is 67.4 Å². The molecule has 0 fully saturated rings. The average Bonchev–Trinajstić information content (AvgIpc) is 2.70. The molecule has 0 saturated heterocycles. The number of halogens is 2. The molecule has 0 radical (unpaired) electrons. The van der Waals surface area contributed by atoms with Crippen molar-refractivity contribution in [2.45, 2.75) is 0 Å². The number of amides is 2. The van der Waals surface area contributed by atoms with Crippen LogP contribution in [0.2, 0.25) is 5.02 Å². The Balaban J connectivity index is 1.75. The Morgan fingerprint density at radius 2 is 1.68 bits per heavy atom. The first kappa shape index (κ1) is 19.9. The summed E-state index contributed by atoms with van der Waals surface area (Å²) in [6, 6.07) is 18.9. The van der Waals surface area contributed by atoms with Crippen molar-refractivity contribution in [3.63, 3.8) is 0 Å². The molecule has 2 N–H and O–H groups in total. The molecule has 0 unspecified atom stereocenters. The third kappa shape index (κ3) is 4.71. The van der Waals surface area contributed by atoms with Crippen LogP contribution in [0.15, 0.2) is 71.2 Å². The van der Waals surface area contributed by atoms with E-state index in [0.29, 0.717) is 33.3 Å². The molecule has 2 amide bonds. The summed E-state index contributed by atoms with van der Waals surface area (Å²) in [5.74, 6) is -0.146. The predicted octanol–water partition coefficient (Wildman–Crippen LogP) is 5.62. The summed E-state index contributed by atoms with van der Waals surface area (Å²) in [4.78, 5) is 24.8. The predicted molar refractivity (Wildman–Crippen MR) is 114 cm³/mol. The number of carbonyl (C=O) groups is 2. The number of ether oxygens (including phenoxy) is 1. The molecule has 0 bridgehead atoms. The Hall–Kier alpha value is -2.83. The smallest absolute Gasteiger partial charge is 0.259 e. The zero-order chi connectivity index (χ0) is 20.1. The first-order chi connectivity index (χ1) is 13.5. The van der Waals surface area contributed by atoms with Gasteiger partial charge in [0, 0.05) is 15.7 Å². The van der Waals surface area contributed by atoms with E-state index in [9.17, 15) is 9.59 Å². The van der Waals surface area contributed by atoms with Gasteiger partial charge in [0.05, 0.1) is 23.4 Å². The lowest BCUT2D eigenvalue weighted by Crippen LogP contribution is -2.14. The molecule has 0 aromatic heterocycles. The highest BCUT2D eigenvalue weighted by molar-refractivity contribution is 9.10. The van der Waals surface area contributed by atoms with Gasteiger partial charge in [0.25, 0.3) is 11.8 Å². The van der Waals surface area contributed by atoms with Gasteiger partial charge in [-0.25, -0.2) is 0 Å². The first-order valence-electron chi connectivity index (χ1n) is 8.29. The highest BCUT2D eigenvalue weighted by Crippen LogP contribution is 2.28. The summed E-state index contributed by atoms with van der Waals surface area (Å²) in [5, 5.41) is 5.84. The summed E-state index contributed by atoms with van der Waals surface area (Å²) in [6.45, 7) is 0. The minimum absolute atomic E-state index is 0.266. The van der Waals surface area contributed by atoms with Gasteiger partial charge in [0.2, 0.25) is 0 Å². The molecule has 0 aliphatic rings. The van der Waals surface area contributed by atoms with Crippen molar-refractivity contribution >= 4 is 50.7 Å². The lowest BCUT2D eigenvalue weighted by atomic mass is 10.1. The molecule has 0 aliphatic carbocycles. The van der Waals surface area contributed by atoms with Gasteiger partial charge in [0.1, 0.15) is 5.75 Å². The van der Waals surface area contributed by atoms with Gasteiger partial charge in [-0.3, -0.25) is 9.59 Å². The molecule has 5 nitrogen and oxygen atoms in total. The quantitative estimate of drug-likeness (QED) is 0.521. The maximum absolute atomic E-state index is 12.6. The van der Waals surface area contributed by atoms with Crippen LogP contribution in [-0.2, 0) is 0 Å². The van der Waals surface area contributed by atoms with Gasteiger partial charge in [-0.2, -0.15) is 0 Å². The summed E-state index contributed by atoms with van der Waals surface area (Å²) < 4.78 is 5.99. The van der Waals surface area contributed by atoms with E-state index in [1.54, 1.807) is 60.7 Å². The van der Waals surface area contributed by atoms with Crippen LogP contribution in [0.3, 0.4) is 0 Å².